The van der Waals surface area contributed by atoms with Gasteiger partial charge in [0.1, 0.15) is 5.82 Å². The van der Waals surface area contributed by atoms with Crippen molar-refractivity contribution in [3.8, 4) is 0 Å². The Hall–Kier alpha value is -1.50. The summed E-state index contributed by atoms with van der Waals surface area (Å²) in [7, 11) is 1.82. The van der Waals surface area contributed by atoms with Gasteiger partial charge in [0.15, 0.2) is 0 Å². The molecule has 2 aliphatic heterocycles. The summed E-state index contributed by atoms with van der Waals surface area (Å²) < 4.78 is 19.8. The fraction of sp³-hybridized carbons (Fsp3) is 0.632. The Morgan fingerprint density at radius 3 is 2.96 bits per heavy atom. The molecule has 1 aromatic rings. The number of rotatable bonds is 3. The van der Waals surface area contributed by atoms with E-state index < -0.39 is 5.60 Å². The molecule has 0 radical (unpaired) electrons. The molecule has 2 heterocycles. The molecule has 0 unspecified atom stereocenters. The van der Waals surface area contributed by atoms with Crippen molar-refractivity contribution in [2.75, 3.05) is 26.7 Å². The molecule has 2 fully saturated rings. The van der Waals surface area contributed by atoms with Crippen LogP contribution in [0.3, 0.4) is 0 Å². The van der Waals surface area contributed by atoms with Crippen LogP contribution in [-0.2, 0) is 16.0 Å². The molecule has 5 nitrogen and oxygen atoms in total. The summed E-state index contributed by atoms with van der Waals surface area (Å²) in [6, 6.07) is 6.27. The highest BCUT2D eigenvalue weighted by Crippen LogP contribution is 2.33. The molecule has 25 heavy (non-hydrogen) atoms. The van der Waals surface area contributed by atoms with Crippen molar-refractivity contribution in [2.45, 2.75) is 43.9 Å². The molecule has 0 aromatic heterocycles. The third kappa shape index (κ3) is 4.02. The number of benzene rings is 1. The molecule has 6 heteroatoms. The van der Waals surface area contributed by atoms with Gasteiger partial charge in [-0.25, -0.2) is 4.39 Å². The molecule has 2 N–H and O–H groups in total. The molecule has 138 valence electrons. The number of amides is 1. The predicted octanol–water partition coefficient (Wildman–Crippen LogP) is 1.34. The van der Waals surface area contributed by atoms with Crippen LogP contribution in [0.5, 0.6) is 0 Å². The molecule has 1 aromatic carbocycles. The lowest BCUT2D eigenvalue weighted by Gasteiger charge is -2.39. The SMILES string of the molecule is CN[C@@H]1CO[C@@H]2CCN(C(=O)Cc3ccccc3F)C[C@@H]2C[C@@]1(C)O. The highest BCUT2D eigenvalue weighted by molar-refractivity contribution is 5.79. The van der Waals surface area contributed by atoms with E-state index in [0.29, 0.717) is 31.7 Å². The van der Waals surface area contributed by atoms with Gasteiger partial charge in [0, 0.05) is 19.0 Å². The first-order chi connectivity index (χ1) is 11.9. The van der Waals surface area contributed by atoms with Crippen LogP contribution >= 0.6 is 0 Å². The van der Waals surface area contributed by atoms with Gasteiger partial charge in [-0.1, -0.05) is 18.2 Å². The van der Waals surface area contributed by atoms with Gasteiger partial charge >= 0.3 is 0 Å². The Morgan fingerprint density at radius 2 is 2.24 bits per heavy atom. The maximum absolute atomic E-state index is 13.8. The van der Waals surface area contributed by atoms with Crippen LogP contribution in [0.15, 0.2) is 24.3 Å². The standard InChI is InChI=1S/C19H27FN2O3/c1-19(24)10-14-11-22(8-7-16(14)25-12-17(19)21-2)18(23)9-13-5-3-4-6-15(13)20/h3-6,14,16-17,21,24H,7-12H2,1-2H3/t14-,16+,17+,19+/m0/s1. The molecule has 2 aliphatic rings. The predicted molar refractivity (Wildman–Crippen MR) is 92.6 cm³/mol. The summed E-state index contributed by atoms with van der Waals surface area (Å²) in [5.74, 6) is -0.326. The van der Waals surface area contributed by atoms with Gasteiger partial charge in [0.05, 0.1) is 30.8 Å². The summed E-state index contributed by atoms with van der Waals surface area (Å²) in [6.45, 7) is 3.44. The summed E-state index contributed by atoms with van der Waals surface area (Å²) in [4.78, 5) is 14.4. The Labute approximate surface area is 148 Å². The van der Waals surface area contributed by atoms with E-state index >= 15 is 0 Å². The van der Waals surface area contributed by atoms with Crippen molar-refractivity contribution in [3.05, 3.63) is 35.6 Å². The molecular weight excluding hydrogens is 323 g/mol. The second-order valence-electron chi connectivity index (χ2n) is 7.43. The van der Waals surface area contributed by atoms with E-state index in [-0.39, 0.29) is 36.2 Å². The number of likely N-dealkylation sites (tertiary alicyclic amines) is 1. The molecule has 0 aliphatic carbocycles. The molecule has 3 rings (SSSR count). The maximum Gasteiger partial charge on any atom is 0.227 e. The van der Waals surface area contributed by atoms with E-state index in [1.807, 2.05) is 14.0 Å². The number of hydrogen-bond acceptors (Lipinski definition) is 4. The number of carbonyl (C=O) groups is 1. The van der Waals surface area contributed by atoms with Gasteiger partial charge < -0.3 is 20.1 Å². The Balaban J connectivity index is 1.67. The summed E-state index contributed by atoms with van der Waals surface area (Å²) in [5.41, 5.74) is -0.458. The first-order valence-electron chi connectivity index (χ1n) is 8.93. The minimum Gasteiger partial charge on any atom is -0.388 e. The lowest BCUT2D eigenvalue weighted by atomic mass is 9.82. The number of likely N-dealkylation sites (N-methyl/N-ethyl adjacent to an activating group) is 1. The Kier molecular flexibility index (Phi) is 5.41. The molecule has 1 amide bonds. The fourth-order valence-electron chi connectivity index (χ4n) is 4.04. The van der Waals surface area contributed by atoms with Crippen LogP contribution in [0.25, 0.3) is 0 Å². The van der Waals surface area contributed by atoms with Gasteiger partial charge in [-0.2, -0.15) is 0 Å². The third-order valence-corrected chi connectivity index (χ3v) is 5.57. The van der Waals surface area contributed by atoms with Crippen LogP contribution < -0.4 is 5.32 Å². The van der Waals surface area contributed by atoms with E-state index in [9.17, 15) is 14.3 Å². The van der Waals surface area contributed by atoms with Crippen molar-refractivity contribution in [2.24, 2.45) is 5.92 Å². The number of nitrogens with one attached hydrogen (secondary N) is 1. The Bertz CT molecular complexity index is 622. The van der Waals surface area contributed by atoms with E-state index in [1.165, 1.54) is 6.07 Å². The zero-order chi connectivity index (χ0) is 18.0. The highest BCUT2D eigenvalue weighted by atomic mass is 19.1. The van der Waals surface area contributed by atoms with Crippen LogP contribution in [0.2, 0.25) is 0 Å². The van der Waals surface area contributed by atoms with Gasteiger partial charge in [0.25, 0.3) is 0 Å². The fourth-order valence-corrected chi connectivity index (χ4v) is 4.04. The number of fused-ring (bicyclic) bond motifs is 1. The lowest BCUT2D eigenvalue weighted by molar-refractivity contribution is -0.135. The second kappa shape index (κ2) is 7.40. The number of nitrogens with zero attached hydrogens (tertiary/aromatic N) is 1. The van der Waals surface area contributed by atoms with Crippen molar-refractivity contribution < 1.29 is 19.0 Å². The second-order valence-corrected chi connectivity index (χ2v) is 7.43. The average Bonchev–Trinajstić information content (AvgIpc) is 2.70. The van der Waals surface area contributed by atoms with Gasteiger partial charge in [-0.3, -0.25) is 4.79 Å². The third-order valence-electron chi connectivity index (χ3n) is 5.57. The molecule has 4 atom stereocenters. The highest BCUT2D eigenvalue weighted by Gasteiger charge is 2.43. The number of aliphatic hydroxyl groups is 1. The molecule has 2 saturated heterocycles. The first-order valence-corrected chi connectivity index (χ1v) is 8.93. The van der Waals surface area contributed by atoms with Crippen molar-refractivity contribution in [1.82, 2.24) is 10.2 Å². The number of hydrogen-bond donors (Lipinski definition) is 2. The number of piperidine rings is 1. The van der Waals surface area contributed by atoms with Crippen molar-refractivity contribution in [1.29, 1.82) is 0 Å². The Morgan fingerprint density at radius 1 is 1.48 bits per heavy atom. The van der Waals surface area contributed by atoms with E-state index in [0.717, 1.165) is 6.42 Å². The zero-order valence-corrected chi connectivity index (χ0v) is 14.9. The van der Waals surface area contributed by atoms with Crippen molar-refractivity contribution >= 4 is 5.91 Å². The number of carbonyl (C=O) groups excluding carboxylic acids is 1. The molecule has 0 spiro atoms. The summed E-state index contributed by atoms with van der Waals surface area (Å²) in [5, 5.41) is 13.9. The van der Waals surface area contributed by atoms with Crippen molar-refractivity contribution in [3.63, 3.8) is 0 Å². The first kappa shape index (κ1) is 18.3. The zero-order valence-electron chi connectivity index (χ0n) is 14.9. The van der Waals surface area contributed by atoms with Crippen LogP contribution in [-0.4, -0.2) is 60.4 Å². The van der Waals surface area contributed by atoms with Crippen LogP contribution in [0, 0.1) is 11.7 Å². The van der Waals surface area contributed by atoms with Gasteiger partial charge in [-0.05, 0) is 38.4 Å². The lowest BCUT2D eigenvalue weighted by Crippen LogP contribution is -2.51. The van der Waals surface area contributed by atoms with E-state index in [1.54, 1.807) is 23.1 Å². The monoisotopic (exact) mass is 350 g/mol. The maximum atomic E-state index is 13.8. The molecule has 0 saturated carbocycles. The van der Waals surface area contributed by atoms with Gasteiger partial charge in [0.2, 0.25) is 5.91 Å². The van der Waals surface area contributed by atoms with Crippen LogP contribution in [0.4, 0.5) is 4.39 Å². The van der Waals surface area contributed by atoms with E-state index in [4.69, 9.17) is 4.74 Å². The minimum atomic E-state index is -0.883. The normalized spacial score (nSPS) is 32.8. The summed E-state index contributed by atoms with van der Waals surface area (Å²) in [6.07, 6.45) is 1.45. The smallest absolute Gasteiger partial charge is 0.227 e. The number of halogens is 1. The molecule has 0 bridgehead atoms. The minimum absolute atomic E-state index is 0.0577. The average molecular weight is 350 g/mol. The van der Waals surface area contributed by atoms with Crippen LogP contribution in [0.1, 0.15) is 25.3 Å². The van der Waals surface area contributed by atoms with E-state index in [2.05, 4.69) is 5.32 Å². The topological polar surface area (TPSA) is 61.8 Å². The summed E-state index contributed by atoms with van der Waals surface area (Å²) >= 11 is 0. The van der Waals surface area contributed by atoms with Gasteiger partial charge in [-0.15, -0.1) is 0 Å². The number of ether oxygens (including phenoxy) is 1. The quantitative estimate of drug-likeness (QED) is 0.864. The molecular formula is C19H27FN2O3. The largest absolute Gasteiger partial charge is 0.388 e.